The van der Waals surface area contributed by atoms with Crippen LogP contribution in [0.5, 0.6) is 5.75 Å². The first-order valence-corrected chi connectivity index (χ1v) is 7.34. The molecule has 1 aromatic rings. The van der Waals surface area contributed by atoms with Gasteiger partial charge in [-0.15, -0.1) is 0 Å². The zero-order chi connectivity index (χ0) is 15.9. The molecule has 0 aliphatic rings. The lowest BCUT2D eigenvalue weighted by molar-refractivity contribution is -0.131. The lowest BCUT2D eigenvalue weighted by atomic mass is 9.81. The van der Waals surface area contributed by atoms with Gasteiger partial charge in [0.1, 0.15) is 5.75 Å². The highest BCUT2D eigenvalue weighted by Gasteiger charge is 2.33. The Morgan fingerprint density at radius 1 is 1.38 bits per heavy atom. The Morgan fingerprint density at radius 2 is 2.00 bits per heavy atom. The van der Waals surface area contributed by atoms with E-state index in [1.165, 1.54) is 0 Å². The van der Waals surface area contributed by atoms with Gasteiger partial charge in [-0.3, -0.25) is 4.79 Å². The third-order valence-corrected chi connectivity index (χ3v) is 4.18. The second-order valence-corrected chi connectivity index (χ2v) is 5.16. The number of carbonyl (C=O) groups excluding carboxylic acids is 1. The molecule has 0 spiro atoms. The Labute approximate surface area is 126 Å². The molecule has 0 saturated heterocycles. The highest BCUT2D eigenvalue weighted by Crippen LogP contribution is 2.27. The maximum absolute atomic E-state index is 12.3. The summed E-state index contributed by atoms with van der Waals surface area (Å²) in [6.07, 6.45) is 0.543. The summed E-state index contributed by atoms with van der Waals surface area (Å²) >= 11 is 0. The Morgan fingerprint density at radius 3 is 2.52 bits per heavy atom. The molecule has 0 aromatic heterocycles. The van der Waals surface area contributed by atoms with Crippen LogP contribution in [0.25, 0.3) is 0 Å². The molecule has 21 heavy (non-hydrogen) atoms. The van der Waals surface area contributed by atoms with Crippen molar-refractivity contribution in [3.8, 4) is 5.75 Å². The van der Waals surface area contributed by atoms with Gasteiger partial charge in [0.15, 0.2) is 0 Å². The zero-order valence-corrected chi connectivity index (χ0v) is 13.1. The Balaban J connectivity index is 2.72. The van der Waals surface area contributed by atoms with Gasteiger partial charge in [0, 0.05) is 18.7 Å². The molecule has 1 unspecified atom stereocenters. The van der Waals surface area contributed by atoms with Gasteiger partial charge in [-0.05, 0) is 18.9 Å². The first-order valence-electron chi connectivity index (χ1n) is 7.34. The van der Waals surface area contributed by atoms with Crippen LogP contribution in [0.15, 0.2) is 24.3 Å². The van der Waals surface area contributed by atoms with Gasteiger partial charge in [-0.1, -0.05) is 32.0 Å². The topological polar surface area (TPSA) is 84.6 Å². The number of aliphatic hydroxyl groups is 1. The SMILES string of the molecule is CCC(CC)(CN)C(=O)NCC(O)c1ccccc1OC. The predicted molar refractivity (Wildman–Crippen MR) is 83.0 cm³/mol. The van der Waals surface area contributed by atoms with E-state index in [2.05, 4.69) is 5.32 Å². The molecular weight excluding hydrogens is 268 g/mol. The number of hydrogen-bond donors (Lipinski definition) is 3. The summed E-state index contributed by atoms with van der Waals surface area (Å²) in [7, 11) is 1.55. The van der Waals surface area contributed by atoms with Crippen LogP contribution < -0.4 is 15.8 Å². The van der Waals surface area contributed by atoms with Crippen LogP contribution in [0, 0.1) is 5.41 Å². The zero-order valence-electron chi connectivity index (χ0n) is 13.1. The van der Waals surface area contributed by atoms with Crippen molar-refractivity contribution < 1.29 is 14.6 Å². The number of nitrogens with one attached hydrogen (secondary N) is 1. The van der Waals surface area contributed by atoms with Crippen LogP contribution in [0.4, 0.5) is 0 Å². The molecule has 5 nitrogen and oxygen atoms in total. The van der Waals surface area contributed by atoms with Crippen LogP contribution in [0.1, 0.15) is 38.4 Å². The number of amides is 1. The van der Waals surface area contributed by atoms with E-state index in [1.807, 2.05) is 26.0 Å². The number of benzene rings is 1. The number of hydrogen-bond acceptors (Lipinski definition) is 4. The number of carbonyl (C=O) groups is 1. The summed E-state index contributed by atoms with van der Waals surface area (Å²) in [6.45, 7) is 4.34. The molecule has 1 amide bonds. The normalized spacial score (nSPS) is 12.8. The molecule has 0 radical (unpaired) electrons. The maximum atomic E-state index is 12.3. The van der Waals surface area contributed by atoms with Crippen molar-refractivity contribution in [3.63, 3.8) is 0 Å². The molecule has 118 valence electrons. The van der Waals surface area contributed by atoms with E-state index in [4.69, 9.17) is 10.5 Å². The highest BCUT2D eigenvalue weighted by molar-refractivity contribution is 5.82. The lowest BCUT2D eigenvalue weighted by Gasteiger charge is -2.29. The Bertz CT molecular complexity index is 450. The second-order valence-electron chi connectivity index (χ2n) is 5.16. The van der Waals surface area contributed by atoms with E-state index >= 15 is 0 Å². The minimum atomic E-state index is -0.811. The summed E-state index contributed by atoms with van der Waals surface area (Å²) in [5.74, 6) is 0.499. The van der Waals surface area contributed by atoms with Gasteiger partial charge in [0.25, 0.3) is 0 Å². The van der Waals surface area contributed by atoms with Crippen molar-refractivity contribution in [2.45, 2.75) is 32.8 Å². The molecule has 0 aliphatic heterocycles. The smallest absolute Gasteiger partial charge is 0.227 e. The third-order valence-electron chi connectivity index (χ3n) is 4.18. The van der Waals surface area contributed by atoms with Crippen LogP contribution in [0.2, 0.25) is 0 Å². The number of ether oxygens (including phenoxy) is 1. The van der Waals surface area contributed by atoms with Gasteiger partial charge < -0.3 is 20.9 Å². The largest absolute Gasteiger partial charge is 0.496 e. The number of methoxy groups -OCH3 is 1. The highest BCUT2D eigenvalue weighted by atomic mass is 16.5. The third kappa shape index (κ3) is 3.95. The molecule has 1 atom stereocenters. The summed E-state index contributed by atoms with van der Waals surface area (Å²) in [4.78, 5) is 12.3. The maximum Gasteiger partial charge on any atom is 0.227 e. The van der Waals surface area contributed by atoms with Crippen LogP contribution in [-0.4, -0.2) is 31.2 Å². The fraction of sp³-hybridized carbons (Fsp3) is 0.562. The van der Waals surface area contributed by atoms with Crippen LogP contribution in [-0.2, 0) is 4.79 Å². The van der Waals surface area contributed by atoms with E-state index < -0.39 is 11.5 Å². The van der Waals surface area contributed by atoms with E-state index in [1.54, 1.807) is 19.2 Å². The van der Waals surface area contributed by atoms with Crippen molar-refractivity contribution in [3.05, 3.63) is 29.8 Å². The molecule has 4 N–H and O–H groups in total. The van der Waals surface area contributed by atoms with Crippen molar-refractivity contribution in [1.82, 2.24) is 5.32 Å². The van der Waals surface area contributed by atoms with Gasteiger partial charge >= 0.3 is 0 Å². The van der Waals surface area contributed by atoms with Crippen molar-refractivity contribution in [2.24, 2.45) is 11.1 Å². The molecule has 0 fully saturated rings. The predicted octanol–water partition coefficient (Wildman–Crippen LogP) is 1.61. The molecule has 1 aromatic carbocycles. The van der Waals surface area contributed by atoms with Crippen LogP contribution >= 0.6 is 0 Å². The second kappa shape index (κ2) is 8.00. The quantitative estimate of drug-likeness (QED) is 0.680. The number of rotatable bonds is 8. The minimum Gasteiger partial charge on any atom is -0.496 e. The van der Waals surface area contributed by atoms with Crippen molar-refractivity contribution >= 4 is 5.91 Å². The Hall–Kier alpha value is -1.59. The summed E-state index contributed by atoms with van der Waals surface area (Å²) in [5, 5.41) is 13.0. The molecule has 5 heteroatoms. The number of aliphatic hydroxyl groups excluding tert-OH is 1. The van der Waals surface area contributed by atoms with E-state index in [-0.39, 0.29) is 12.5 Å². The summed E-state index contributed by atoms with van der Waals surface area (Å²) in [5.41, 5.74) is 5.85. The van der Waals surface area contributed by atoms with Gasteiger partial charge in [0.05, 0.1) is 18.6 Å². The Kier molecular flexibility index (Phi) is 6.65. The van der Waals surface area contributed by atoms with Crippen molar-refractivity contribution in [2.75, 3.05) is 20.2 Å². The molecule has 1 rings (SSSR count). The fourth-order valence-electron chi connectivity index (χ4n) is 2.38. The van der Waals surface area contributed by atoms with Gasteiger partial charge in [0.2, 0.25) is 5.91 Å². The molecule has 0 saturated carbocycles. The summed E-state index contributed by atoms with van der Waals surface area (Å²) in [6, 6.07) is 7.22. The monoisotopic (exact) mass is 294 g/mol. The van der Waals surface area contributed by atoms with Gasteiger partial charge in [-0.2, -0.15) is 0 Å². The first kappa shape index (κ1) is 17.5. The molecular formula is C16H26N2O3. The first-order chi connectivity index (χ1) is 10.0. The average Bonchev–Trinajstić information content (AvgIpc) is 2.54. The molecule has 0 bridgehead atoms. The fourth-order valence-corrected chi connectivity index (χ4v) is 2.38. The van der Waals surface area contributed by atoms with E-state index in [9.17, 15) is 9.90 Å². The molecule has 0 aliphatic carbocycles. The minimum absolute atomic E-state index is 0.107. The van der Waals surface area contributed by atoms with Crippen molar-refractivity contribution in [1.29, 1.82) is 0 Å². The van der Waals surface area contributed by atoms with E-state index in [0.717, 1.165) is 0 Å². The van der Waals surface area contributed by atoms with E-state index in [0.29, 0.717) is 30.7 Å². The number of nitrogens with two attached hydrogens (primary N) is 1. The lowest BCUT2D eigenvalue weighted by Crippen LogP contribution is -2.46. The molecule has 0 heterocycles. The average molecular weight is 294 g/mol. The summed E-state index contributed by atoms with van der Waals surface area (Å²) < 4.78 is 5.21. The van der Waals surface area contributed by atoms with Crippen LogP contribution in [0.3, 0.4) is 0 Å². The number of para-hydroxylation sites is 1. The van der Waals surface area contributed by atoms with Gasteiger partial charge in [-0.25, -0.2) is 0 Å². The standard InChI is InChI=1S/C16H26N2O3/c1-4-16(5-2,11-17)15(20)18-10-13(19)12-8-6-7-9-14(12)21-3/h6-9,13,19H,4-5,10-11,17H2,1-3H3,(H,18,20).